The molecule has 0 amide bonds. The van der Waals surface area contributed by atoms with E-state index in [0.717, 1.165) is 31.2 Å². The molecule has 1 unspecified atom stereocenters. The third kappa shape index (κ3) is 4.29. The number of aliphatic imine (C=N–C) groups is 1. The number of hydrogen-bond acceptors (Lipinski definition) is 3. The molecule has 3 rings (SSSR count). The molecular weight excluding hydrogens is 419 g/mol. The van der Waals surface area contributed by atoms with E-state index in [1.54, 1.807) is 4.68 Å². The van der Waals surface area contributed by atoms with Gasteiger partial charge in [0.1, 0.15) is 6.10 Å². The Morgan fingerprint density at radius 2 is 2.29 bits per heavy atom. The van der Waals surface area contributed by atoms with Crippen molar-refractivity contribution in [1.82, 2.24) is 24.6 Å². The number of guanidine groups is 1. The van der Waals surface area contributed by atoms with Gasteiger partial charge in [-0.25, -0.2) is 0 Å². The molecule has 132 valence electrons. The molecule has 0 saturated carbocycles. The number of hydrogen-bond donors (Lipinski definition) is 1. The van der Waals surface area contributed by atoms with Gasteiger partial charge in [-0.05, 0) is 12.1 Å². The quantitative estimate of drug-likeness (QED) is 0.443. The highest BCUT2D eigenvalue weighted by molar-refractivity contribution is 14.0. The lowest BCUT2D eigenvalue weighted by atomic mass is 10.1. The first-order valence-corrected chi connectivity index (χ1v) is 7.83. The van der Waals surface area contributed by atoms with E-state index >= 15 is 0 Å². The summed E-state index contributed by atoms with van der Waals surface area (Å²) in [5.74, 6) is 0.906. The minimum Gasteiger partial charge on any atom is -0.370 e. The van der Waals surface area contributed by atoms with Gasteiger partial charge in [0.2, 0.25) is 0 Å². The SMILES string of the molecule is CN=C(NCc1cccn1C)N1CCOC(c2cnn(C)c2)C1.I. The average Bonchev–Trinajstić information content (AvgIpc) is 3.17. The Morgan fingerprint density at radius 1 is 1.46 bits per heavy atom. The Labute approximate surface area is 159 Å². The van der Waals surface area contributed by atoms with E-state index < -0.39 is 0 Å². The van der Waals surface area contributed by atoms with Crippen LogP contribution in [0.25, 0.3) is 0 Å². The second-order valence-corrected chi connectivity index (χ2v) is 5.76. The van der Waals surface area contributed by atoms with E-state index in [2.05, 4.69) is 30.9 Å². The van der Waals surface area contributed by atoms with E-state index in [1.165, 1.54) is 5.69 Å². The van der Waals surface area contributed by atoms with Crippen molar-refractivity contribution in [2.75, 3.05) is 26.7 Å². The summed E-state index contributed by atoms with van der Waals surface area (Å²) in [5.41, 5.74) is 2.33. The van der Waals surface area contributed by atoms with Crippen LogP contribution in [0.4, 0.5) is 0 Å². The summed E-state index contributed by atoms with van der Waals surface area (Å²) in [6, 6.07) is 4.16. The van der Waals surface area contributed by atoms with E-state index in [4.69, 9.17) is 4.74 Å². The Bertz CT molecular complexity index is 680. The number of ether oxygens (including phenoxy) is 1. The highest BCUT2D eigenvalue weighted by Crippen LogP contribution is 2.21. The molecule has 0 bridgehead atoms. The molecule has 2 aromatic heterocycles. The molecule has 0 spiro atoms. The zero-order valence-corrected chi connectivity index (χ0v) is 16.7. The van der Waals surface area contributed by atoms with Crippen LogP contribution in [0.1, 0.15) is 17.4 Å². The fraction of sp³-hybridized carbons (Fsp3) is 0.500. The third-order valence-corrected chi connectivity index (χ3v) is 4.15. The van der Waals surface area contributed by atoms with E-state index in [0.29, 0.717) is 6.61 Å². The van der Waals surface area contributed by atoms with Gasteiger partial charge in [-0.1, -0.05) is 0 Å². The van der Waals surface area contributed by atoms with Gasteiger partial charge in [0.15, 0.2) is 5.96 Å². The summed E-state index contributed by atoms with van der Waals surface area (Å²) in [5, 5.41) is 7.67. The lowest BCUT2D eigenvalue weighted by molar-refractivity contribution is -0.00806. The van der Waals surface area contributed by atoms with Crippen LogP contribution in [0.15, 0.2) is 35.7 Å². The Hall–Kier alpha value is -1.55. The van der Waals surface area contributed by atoms with Gasteiger partial charge in [-0.2, -0.15) is 5.10 Å². The number of nitrogens with one attached hydrogen (secondary N) is 1. The minimum atomic E-state index is 0. The summed E-state index contributed by atoms with van der Waals surface area (Å²) in [4.78, 5) is 6.66. The lowest BCUT2D eigenvalue weighted by Gasteiger charge is -2.34. The van der Waals surface area contributed by atoms with Crippen molar-refractivity contribution in [2.45, 2.75) is 12.6 Å². The first-order chi connectivity index (χ1) is 11.2. The van der Waals surface area contributed by atoms with Gasteiger partial charge >= 0.3 is 0 Å². The zero-order valence-electron chi connectivity index (χ0n) is 14.3. The zero-order chi connectivity index (χ0) is 16.2. The minimum absolute atomic E-state index is 0. The highest BCUT2D eigenvalue weighted by atomic mass is 127. The standard InChI is InChI=1S/C16H24N6O.HI/c1-17-16(18-10-14-5-4-6-20(14)2)22-7-8-23-15(12-22)13-9-19-21(3)11-13;/h4-6,9,11,15H,7-8,10,12H2,1-3H3,(H,17,18);1H. The molecule has 1 aliphatic rings. The number of morpholine rings is 1. The van der Waals surface area contributed by atoms with Crippen molar-refractivity contribution in [3.05, 3.63) is 42.0 Å². The van der Waals surface area contributed by atoms with Crippen molar-refractivity contribution in [2.24, 2.45) is 19.1 Å². The predicted molar refractivity (Wildman–Crippen MR) is 105 cm³/mol. The fourth-order valence-electron chi connectivity index (χ4n) is 2.83. The van der Waals surface area contributed by atoms with Crippen LogP contribution < -0.4 is 5.32 Å². The van der Waals surface area contributed by atoms with Crippen molar-refractivity contribution >= 4 is 29.9 Å². The number of aryl methyl sites for hydroxylation is 2. The molecule has 7 nitrogen and oxygen atoms in total. The molecule has 8 heteroatoms. The fourth-order valence-corrected chi connectivity index (χ4v) is 2.83. The van der Waals surface area contributed by atoms with Gasteiger partial charge in [0, 0.05) is 51.3 Å². The van der Waals surface area contributed by atoms with Crippen LogP contribution >= 0.6 is 24.0 Å². The Kier molecular flexibility index (Phi) is 6.67. The molecule has 1 saturated heterocycles. The number of rotatable bonds is 3. The Morgan fingerprint density at radius 3 is 2.92 bits per heavy atom. The van der Waals surface area contributed by atoms with Gasteiger partial charge in [-0.3, -0.25) is 9.67 Å². The molecule has 24 heavy (non-hydrogen) atoms. The van der Waals surface area contributed by atoms with Gasteiger partial charge < -0.3 is 19.5 Å². The summed E-state index contributed by atoms with van der Waals surface area (Å²) in [7, 11) is 5.79. The maximum absolute atomic E-state index is 5.89. The highest BCUT2D eigenvalue weighted by Gasteiger charge is 2.25. The summed E-state index contributed by atoms with van der Waals surface area (Å²) < 4.78 is 9.80. The molecule has 1 N–H and O–H groups in total. The van der Waals surface area contributed by atoms with Crippen LogP contribution in [0, 0.1) is 0 Å². The van der Waals surface area contributed by atoms with Crippen LogP contribution in [0.5, 0.6) is 0 Å². The first kappa shape index (κ1) is 18.8. The number of nitrogens with zero attached hydrogens (tertiary/aromatic N) is 5. The van der Waals surface area contributed by atoms with Crippen LogP contribution in [-0.4, -0.2) is 52.0 Å². The van der Waals surface area contributed by atoms with E-state index in [1.807, 2.05) is 45.8 Å². The summed E-state index contributed by atoms with van der Waals surface area (Å²) in [6.45, 7) is 3.05. The monoisotopic (exact) mass is 444 g/mol. The number of halogens is 1. The van der Waals surface area contributed by atoms with Gasteiger partial charge in [-0.15, -0.1) is 24.0 Å². The average molecular weight is 444 g/mol. The molecule has 0 aliphatic carbocycles. The summed E-state index contributed by atoms with van der Waals surface area (Å²) >= 11 is 0. The summed E-state index contributed by atoms with van der Waals surface area (Å²) in [6.07, 6.45) is 5.96. The van der Waals surface area contributed by atoms with Crippen LogP contribution in [0.2, 0.25) is 0 Å². The van der Waals surface area contributed by atoms with E-state index in [-0.39, 0.29) is 30.1 Å². The first-order valence-electron chi connectivity index (χ1n) is 7.83. The molecule has 3 heterocycles. The normalized spacial score (nSPS) is 18.4. The largest absolute Gasteiger partial charge is 0.370 e. The van der Waals surface area contributed by atoms with Crippen LogP contribution in [-0.2, 0) is 25.4 Å². The van der Waals surface area contributed by atoms with Crippen molar-refractivity contribution in [3.8, 4) is 0 Å². The molecular formula is C16H25IN6O. The molecule has 1 fully saturated rings. The molecule has 0 aromatic carbocycles. The molecule has 1 aliphatic heterocycles. The topological polar surface area (TPSA) is 59.6 Å². The van der Waals surface area contributed by atoms with Crippen LogP contribution in [0.3, 0.4) is 0 Å². The molecule has 0 radical (unpaired) electrons. The Balaban J connectivity index is 0.00000208. The van der Waals surface area contributed by atoms with Crippen molar-refractivity contribution in [3.63, 3.8) is 0 Å². The molecule has 2 aromatic rings. The maximum Gasteiger partial charge on any atom is 0.194 e. The third-order valence-electron chi connectivity index (χ3n) is 4.15. The number of aromatic nitrogens is 3. The second kappa shape index (κ2) is 8.52. The second-order valence-electron chi connectivity index (χ2n) is 5.76. The maximum atomic E-state index is 5.89. The smallest absolute Gasteiger partial charge is 0.194 e. The van der Waals surface area contributed by atoms with Gasteiger partial charge in [0.25, 0.3) is 0 Å². The van der Waals surface area contributed by atoms with Crippen molar-refractivity contribution in [1.29, 1.82) is 0 Å². The molecule has 1 atom stereocenters. The lowest BCUT2D eigenvalue weighted by Crippen LogP contribution is -2.48. The van der Waals surface area contributed by atoms with Gasteiger partial charge in [0.05, 0.1) is 25.9 Å². The predicted octanol–water partition coefficient (Wildman–Crippen LogP) is 1.53. The van der Waals surface area contributed by atoms with Crippen molar-refractivity contribution < 1.29 is 4.74 Å². The van der Waals surface area contributed by atoms with E-state index in [9.17, 15) is 0 Å².